The third-order valence-corrected chi connectivity index (χ3v) is 3.89. The van der Waals surface area contributed by atoms with E-state index in [0.717, 1.165) is 12.1 Å². The minimum Gasteiger partial charge on any atom is -0.353 e. The van der Waals surface area contributed by atoms with Crippen molar-refractivity contribution in [1.82, 2.24) is 30.8 Å². The molecule has 1 aromatic heterocycles. The first-order valence-electron chi connectivity index (χ1n) is 8.11. The van der Waals surface area contributed by atoms with E-state index < -0.39 is 6.04 Å². The van der Waals surface area contributed by atoms with Gasteiger partial charge in [0, 0.05) is 23.2 Å². The third kappa shape index (κ3) is 5.95. The monoisotopic (exact) mass is 386 g/mol. The maximum Gasteiger partial charge on any atom is 0.246 e. The summed E-state index contributed by atoms with van der Waals surface area (Å²) in [5, 5.41) is 19.2. The topological polar surface area (TPSA) is 84.7 Å². The predicted molar refractivity (Wildman–Crippen MR) is 101 cm³/mol. The molecule has 138 valence electrons. The molecule has 0 spiro atoms. The Bertz CT molecular complexity index is 661. The van der Waals surface area contributed by atoms with Crippen LogP contribution in [0.25, 0.3) is 11.4 Å². The molecule has 0 saturated carbocycles. The number of hydrogen-bond donors (Lipinski definition) is 2. The summed E-state index contributed by atoms with van der Waals surface area (Å²) in [4.78, 5) is 13.8. The fraction of sp³-hybridized carbons (Fsp3) is 0.500. The summed E-state index contributed by atoms with van der Waals surface area (Å²) in [6.45, 7) is 7.40. The van der Waals surface area contributed by atoms with Crippen LogP contribution >= 0.6 is 24.0 Å². The van der Waals surface area contributed by atoms with E-state index in [9.17, 15) is 4.79 Å². The van der Waals surface area contributed by atoms with Gasteiger partial charge in [-0.1, -0.05) is 25.4 Å². The summed E-state index contributed by atoms with van der Waals surface area (Å²) in [5.41, 5.74) is 0.807. The molecule has 1 unspecified atom stereocenters. The van der Waals surface area contributed by atoms with E-state index in [1.165, 1.54) is 4.80 Å². The van der Waals surface area contributed by atoms with Crippen molar-refractivity contribution in [1.29, 1.82) is 0 Å². The van der Waals surface area contributed by atoms with Gasteiger partial charge in [0.2, 0.25) is 11.7 Å². The number of benzene rings is 1. The summed E-state index contributed by atoms with van der Waals surface area (Å²) < 4.78 is 0. The number of carbonyl (C=O) groups is 1. The number of nitrogens with zero attached hydrogens (tertiary/aromatic N) is 4. The summed E-state index contributed by atoms with van der Waals surface area (Å²) in [5.74, 6) is 0.362. The number of aromatic nitrogens is 4. The first kappa shape index (κ1) is 21.3. The molecule has 0 radical (unpaired) electrons. The molecule has 1 aromatic carbocycles. The van der Waals surface area contributed by atoms with Crippen molar-refractivity contribution in [3.8, 4) is 11.4 Å². The van der Waals surface area contributed by atoms with Gasteiger partial charge in [-0.25, -0.2) is 0 Å². The van der Waals surface area contributed by atoms with Gasteiger partial charge < -0.3 is 10.6 Å². The molecular formula is C16H24Cl2N6O. The number of rotatable bonds is 8. The van der Waals surface area contributed by atoms with E-state index in [1.54, 1.807) is 12.1 Å². The Labute approximate surface area is 158 Å². The van der Waals surface area contributed by atoms with Gasteiger partial charge in [-0.3, -0.25) is 4.79 Å². The van der Waals surface area contributed by atoms with Crippen LogP contribution in [0.3, 0.4) is 0 Å². The van der Waals surface area contributed by atoms with Crippen LogP contribution in [0.15, 0.2) is 24.3 Å². The highest BCUT2D eigenvalue weighted by atomic mass is 35.5. The molecule has 0 aliphatic carbocycles. The van der Waals surface area contributed by atoms with Crippen molar-refractivity contribution in [2.45, 2.75) is 39.3 Å². The quantitative estimate of drug-likeness (QED) is 0.727. The van der Waals surface area contributed by atoms with Crippen LogP contribution in [0.5, 0.6) is 0 Å². The van der Waals surface area contributed by atoms with Crippen LogP contribution in [-0.2, 0) is 4.79 Å². The van der Waals surface area contributed by atoms with Crippen molar-refractivity contribution in [2.24, 2.45) is 0 Å². The Morgan fingerprint density at radius 2 is 1.96 bits per heavy atom. The molecule has 2 N–H and O–H groups in total. The number of tetrazole rings is 1. The average Bonchev–Trinajstić information content (AvgIpc) is 3.04. The van der Waals surface area contributed by atoms with Crippen LogP contribution in [0.1, 0.15) is 33.2 Å². The Hall–Kier alpha value is -1.70. The second kappa shape index (κ2) is 10.3. The van der Waals surface area contributed by atoms with Crippen LogP contribution in [0.2, 0.25) is 5.02 Å². The largest absolute Gasteiger partial charge is 0.353 e. The first-order chi connectivity index (χ1) is 11.5. The van der Waals surface area contributed by atoms with Gasteiger partial charge in [-0.15, -0.1) is 22.6 Å². The predicted octanol–water partition coefficient (Wildman–Crippen LogP) is 2.48. The second-order valence-corrected chi connectivity index (χ2v) is 6.00. The van der Waals surface area contributed by atoms with E-state index in [-0.39, 0.29) is 24.4 Å². The first-order valence-corrected chi connectivity index (χ1v) is 8.49. The van der Waals surface area contributed by atoms with E-state index in [4.69, 9.17) is 11.6 Å². The minimum absolute atomic E-state index is 0. The van der Waals surface area contributed by atoms with E-state index in [0.29, 0.717) is 23.8 Å². The Kier molecular flexibility index (Phi) is 8.82. The molecule has 0 saturated heterocycles. The molecule has 0 bridgehead atoms. The number of amides is 1. The number of carbonyl (C=O) groups excluding carboxylic acids is 1. The van der Waals surface area contributed by atoms with Gasteiger partial charge >= 0.3 is 0 Å². The van der Waals surface area contributed by atoms with Crippen LogP contribution in [-0.4, -0.2) is 45.2 Å². The normalized spacial score (nSPS) is 13.0. The maximum atomic E-state index is 12.4. The number of likely N-dealkylation sites (N-methyl/N-ethyl adjacent to an activating group) is 1. The molecule has 1 amide bonds. The lowest BCUT2D eigenvalue weighted by Crippen LogP contribution is -2.42. The lowest BCUT2D eigenvalue weighted by molar-refractivity contribution is -0.125. The summed E-state index contributed by atoms with van der Waals surface area (Å²) in [6, 6.07) is 6.91. The van der Waals surface area contributed by atoms with Gasteiger partial charge in [-0.05, 0) is 49.4 Å². The van der Waals surface area contributed by atoms with E-state index in [2.05, 4.69) is 26.0 Å². The van der Waals surface area contributed by atoms with Gasteiger partial charge in [0.1, 0.15) is 0 Å². The van der Waals surface area contributed by atoms with Gasteiger partial charge in [0.05, 0.1) is 0 Å². The number of nitrogens with one attached hydrogen (secondary N) is 2. The Balaban J connectivity index is 0.00000312. The van der Waals surface area contributed by atoms with Gasteiger partial charge in [0.25, 0.3) is 0 Å². The zero-order chi connectivity index (χ0) is 17.5. The SMILES string of the molecule is CCN[C@H](C)CNC(=O)C(CC)n1nnc(-c2ccc(Cl)cc2)n1.Cl. The highest BCUT2D eigenvalue weighted by molar-refractivity contribution is 6.30. The van der Waals surface area contributed by atoms with Crippen molar-refractivity contribution in [2.75, 3.05) is 13.1 Å². The molecule has 7 nitrogen and oxygen atoms in total. The smallest absolute Gasteiger partial charge is 0.246 e. The van der Waals surface area contributed by atoms with Gasteiger partial charge in [0.15, 0.2) is 6.04 Å². The Morgan fingerprint density at radius 3 is 2.56 bits per heavy atom. The zero-order valence-electron chi connectivity index (χ0n) is 14.6. The third-order valence-electron chi connectivity index (χ3n) is 3.63. The highest BCUT2D eigenvalue weighted by Gasteiger charge is 2.22. The molecule has 2 aromatic rings. The molecule has 0 aliphatic rings. The number of halogens is 2. The lowest BCUT2D eigenvalue weighted by Gasteiger charge is -2.17. The number of hydrogen-bond acceptors (Lipinski definition) is 5. The molecule has 25 heavy (non-hydrogen) atoms. The molecule has 0 aliphatic heterocycles. The minimum atomic E-state index is -0.479. The Morgan fingerprint density at radius 1 is 1.28 bits per heavy atom. The molecular weight excluding hydrogens is 363 g/mol. The average molecular weight is 387 g/mol. The molecule has 2 rings (SSSR count). The van der Waals surface area contributed by atoms with Crippen LogP contribution < -0.4 is 10.6 Å². The maximum absolute atomic E-state index is 12.4. The molecule has 1 heterocycles. The molecule has 0 fully saturated rings. The summed E-state index contributed by atoms with van der Waals surface area (Å²) in [7, 11) is 0. The van der Waals surface area contributed by atoms with Crippen molar-refractivity contribution in [3.05, 3.63) is 29.3 Å². The van der Waals surface area contributed by atoms with E-state index in [1.807, 2.05) is 32.9 Å². The lowest BCUT2D eigenvalue weighted by atomic mass is 10.2. The van der Waals surface area contributed by atoms with Gasteiger partial charge in [-0.2, -0.15) is 4.80 Å². The zero-order valence-corrected chi connectivity index (χ0v) is 16.1. The van der Waals surface area contributed by atoms with Crippen molar-refractivity contribution in [3.63, 3.8) is 0 Å². The summed E-state index contributed by atoms with van der Waals surface area (Å²) >= 11 is 5.88. The second-order valence-electron chi connectivity index (χ2n) is 5.57. The fourth-order valence-corrected chi connectivity index (χ4v) is 2.44. The fourth-order valence-electron chi connectivity index (χ4n) is 2.32. The summed E-state index contributed by atoms with van der Waals surface area (Å²) in [6.07, 6.45) is 0.581. The van der Waals surface area contributed by atoms with Crippen molar-refractivity contribution >= 4 is 29.9 Å². The van der Waals surface area contributed by atoms with Crippen molar-refractivity contribution < 1.29 is 4.79 Å². The van der Waals surface area contributed by atoms with Crippen LogP contribution in [0.4, 0.5) is 0 Å². The molecule has 9 heteroatoms. The standard InChI is InChI=1S/C16H23ClN6O.ClH/c1-4-14(16(24)19-10-11(3)18-5-2)23-21-15(20-22-23)12-6-8-13(17)9-7-12;/h6-9,11,14,18H,4-5,10H2,1-3H3,(H,19,24);1H/t11-,14?;/m1./s1. The van der Waals surface area contributed by atoms with Crippen LogP contribution in [0, 0.1) is 0 Å². The van der Waals surface area contributed by atoms with E-state index >= 15 is 0 Å². The molecule has 2 atom stereocenters. The highest BCUT2D eigenvalue weighted by Crippen LogP contribution is 2.18.